The quantitative estimate of drug-likeness (QED) is 0.461. The van der Waals surface area contributed by atoms with Crippen molar-refractivity contribution in [2.45, 2.75) is 46.0 Å². The maximum atomic E-state index is 11.0. The van der Waals surface area contributed by atoms with Crippen LogP contribution in [-0.2, 0) is 6.42 Å². The molecule has 0 spiro atoms. The van der Waals surface area contributed by atoms with Gasteiger partial charge in [-0.3, -0.25) is 0 Å². The van der Waals surface area contributed by atoms with Crippen LogP contribution in [-0.4, -0.2) is 20.1 Å². The van der Waals surface area contributed by atoms with E-state index < -0.39 is 0 Å². The fourth-order valence-corrected chi connectivity index (χ4v) is 3.68. The molecule has 4 nitrogen and oxygen atoms in total. The summed E-state index contributed by atoms with van der Waals surface area (Å²) in [5.41, 5.74) is 6.96. The third-order valence-corrected chi connectivity index (χ3v) is 5.40. The van der Waals surface area contributed by atoms with Gasteiger partial charge in [0.15, 0.2) is 0 Å². The van der Waals surface area contributed by atoms with Gasteiger partial charge in [-0.2, -0.15) is 4.80 Å². The molecule has 3 aromatic carbocycles. The number of para-hydroxylation sites is 1. The number of hydrogen-bond donors (Lipinski definition) is 1. The lowest BCUT2D eigenvalue weighted by Crippen LogP contribution is -2.05. The first-order valence-electron chi connectivity index (χ1n) is 10.2. The summed E-state index contributed by atoms with van der Waals surface area (Å²) >= 11 is 0. The highest BCUT2D eigenvalue weighted by Crippen LogP contribution is 2.35. The van der Waals surface area contributed by atoms with Crippen molar-refractivity contribution in [3.8, 4) is 11.4 Å². The second kappa shape index (κ2) is 7.70. The van der Waals surface area contributed by atoms with E-state index in [2.05, 4.69) is 56.1 Å². The third-order valence-electron chi connectivity index (χ3n) is 5.40. The van der Waals surface area contributed by atoms with E-state index in [1.165, 1.54) is 5.56 Å². The predicted octanol–water partition coefficient (Wildman–Crippen LogP) is 5.96. The Bertz CT molecular complexity index is 1120. The highest BCUT2D eigenvalue weighted by atomic mass is 16.3. The molecule has 0 saturated heterocycles. The van der Waals surface area contributed by atoms with Crippen molar-refractivity contribution in [3.05, 3.63) is 82.9 Å². The van der Waals surface area contributed by atoms with E-state index in [4.69, 9.17) is 0 Å². The van der Waals surface area contributed by atoms with E-state index in [1.807, 2.05) is 42.5 Å². The van der Waals surface area contributed by atoms with E-state index >= 15 is 0 Å². The van der Waals surface area contributed by atoms with Gasteiger partial charge in [0.25, 0.3) is 0 Å². The molecule has 4 heteroatoms. The molecule has 4 rings (SSSR count). The van der Waals surface area contributed by atoms with Crippen molar-refractivity contribution in [2.75, 3.05) is 0 Å². The van der Waals surface area contributed by atoms with Crippen molar-refractivity contribution in [1.82, 2.24) is 15.0 Å². The summed E-state index contributed by atoms with van der Waals surface area (Å²) in [7, 11) is 0. The first-order chi connectivity index (χ1) is 13.9. The molecule has 1 aromatic heterocycles. The average Bonchev–Trinajstić information content (AvgIpc) is 3.13. The van der Waals surface area contributed by atoms with Crippen LogP contribution in [0.1, 0.15) is 61.8 Å². The monoisotopic (exact) mass is 385 g/mol. The molecule has 148 valence electrons. The fourth-order valence-electron chi connectivity index (χ4n) is 3.68. The van der Waals surface area contributed by atoms with E-state index in [-0.39, 0.29) is 5.92 Å². The van der Waals surface area contributed by atoms with E-state index in [9.17, 15) is 5.11 Å². The zero-order valence-electron chi connectivity index (χ0n) is 17.4. The summed E-state index contributed by atoms with van der Waals surface area (Å²) in [6, 6.07) is 20.3. The number of phenolic OH excluding ortho intramolecular Hbond substituents is 1. The third kappa shape index (κ3) is 3.75. The van der Waals surface area contributed by atoms with Crippen LogP contribution in [0.3, 0.4) is 0 Å². The predicted molar refractivity (Wildman–Crippen MR) is 118 cm³/mol. The van der Waals surface area contributed by atoms with Crippen molar-refractivity contribution in [3.63, 3.8) is 0 Å². The number of rotatable bonds is 5. The van der Waals surface area contributed by atoms with Gasteiger partial charge in [0.05, 0.1) is 5.69 Å². The molecule has 1 N–H and O–H groups in total. The maximum Gasteiger partial charge on any atom is 0.122 e. The van der Waals surface area contributed by atoms with Gasteiger partial charge in [-0.1, -0.05) is 70.2 Å². The second-order valence-electron chi connectivity index (χ2n) is 8.21. The molecule has 0 aliphatic carbocycles. The molecular weight excluding hydrogens is 358 g/mol. The highest BCUT2D eigenvalue weighted by molar-refractivity contribution is 5.73. The molecule has 4 aromatic rings. The number of aromatic nitrogens is 3. The average molecular weight is 386 g/mol. The Morgan fingerprint density at radius 3 is 2.03 bits per heavy atom. The number of hydrogen-bond acceptors (Lipinski definition) is 3. The van der Waals surface area contributed by atoms with Gasteiger partial charge in [-0.15, -0.1) is 10.2 Å². The molecule has 0 amide bonds. The Hall–Kier alpha value is -3.14. The van der Waals surface area contributed by atoms with Crippen LogP contribution in [0.5, 0.6) is 5.75 Å². The number of phenols is 1. The zero-order chi connectivity index (χ0) is 20.5. The molecule has 0 atom stereocenters. The summed E-state index contributed by atoms with van der Waals surface area (Å²) in [5, 5.41) is 20.2. The smallest absolute Gasteiger partial charge is 0.122 e. The summed E-state index contributed by atoms with van der Waals surface area (Å²) < 4.78 is 0. The topological polar surface area (TPSA) is 50.9 Å². The Morgan fingerprint density at radius 1 is 0.793 bits per heavy atom. The summed E-state index contributed by atoms with van der Waals surface area (Å²) in [6.07, 6.45) is 0.625. The lowest BCUT2D eigenvalue weighted by atomic mass is 9.89. The van der Waals surface area contributed by atoms with E-state index in [0.717, 1.165) is 33.4 Å². The van der Waals surface area contributed by atoms with Crippen molar-refractivity contribution in [2.24, 2.45) is 0 Å². The minimum atomic E-state index is 0.265. The van der Waals surface area contributed by atoms with Crippen LogP contribution in [0.2, 0.25) is 0 Å². The molecule has 0 aliphatic rings. The molecular formula is C25H27N3O. The van der Waals surface area contributed by atoms with Crippen molar-refractivity contribution >= 4 is 11.0 Å². The fraction of sp³-hybridized carbons (Fsp3) is 0.280. The van der Waals surface area contributed by atoms with Gasteiger partial charge in [0, 0.05) is 6.42 Å². The van der Waals surface area contributed by atoms with Gasteiger partial charge in [0.2, 0.25) is 0 Å². The normalized spacial score (nSPS) is 11.7. The molecule has 0 saturated carbocycles. The summed E-state index contributed by atoms with van der Waals surface area (Å²) in [5.74, 6) is 1.07. The van der Waals surface area contributed by atoms with Crippen LogP contribution in [0.25, 0.3) is 16.7 Å². The SMILES string of the molecule is CC(C)c1cc(Cc2ccccc2-n2nc3ccccc3n2)c(O)c(C(C)C)c1. The minimum Gasteiger partial charge on any atom is -0.507 e. The first-order valence-corrected chi connectivity index (χ1v) is 10.2. The molecule has 0 radical (unpaired) electrons. The summed E-state index contributed by atoms with van der Waals surface area (Å²) in [6.45, 7) is 8.62. The minimum absolute atomic E-state index is 0.265. The maximum absolute atomic E-state index is 11.0. The van der Waals surface area contributed by atoms with Gasteiger partial charge in [0.1, 0.15) is 16.8 Å². The van der Waals surface area contributed by atoms with Gasteiger partial charge < -0.3 is 5.11 Å². The zero-order valence-corrected chi connectivity index (χ0v) is 17.4. The molecule has 0 aliphatic heterocycles. The lowest BCUT2D eigenvalue weighted by Gasteiger charge is -2.18. The Labute approximate surface area is 171 Å². The second-order valence-corrected chi connectivity index (χ2v) is 8.21. The lowest BCUT2D eigenvalue weighted by molar-refractivity contribution is 0.458. The van der Waals surface area contributed by atoms with Crippen LogP contribution < -0.4 is 0 Å². The van der Waals surface area contributed by atoms with E-state index in [0.29, 0.717) is 18.1 Å². The highest BCUT2D eigenvalue weighted by Gasteiger charge is 2.17. The number of aromatic hydroxyl groups is 1. The van der Waals surface area contributed by atoms with Gasteiger partial charge in [-0.25, -0.2) is 0 Å². The van der Waals surface area contributed by atoms with E-state index in [1.54, 1.807) is 4.80 Å². The first kappa shape index (κ1) is 19.2. The summed E-state index contributed by atoms with van der Waals surface area (Å²) in [4.78, 5) is 1.70. The van der Waals surface area contributed by atoms with Crippen LogP contribution in [0.15, 0.2) is 60.7 Å². The molecule has 1 heterocycles. The Kier molecular flexibility index (Phi) is 5.10. The molecule has 0 unspecified atom stereocenters. The van der Waals surface area contributed by atoms with Gasteiger partial charge in [-0.05, 0) is 52.3 Å². The van der Waals surface area contributed by atoms with Crippen LogP contribution >= 0.6 is 0 Å². The number of nitrogens with zero attached hydrogens (tertiary/aromatic N) is 3. The molecule has 0 bridgehead atoms. The largest absolute Gasteiger partial charge is 0.507 e. The van der Waals surface area contributed by atoms with Gasteiger partial charge >= 0.3 is 0 Å². The molecule has 0 fully saturated rings. The van der Waals surface area contributed by atoms with Crippen molar-refractivity contribution < 1.29 is 5.11 Å². The molecule has 29 heavy (non-hydrogen) atoms. The number of benzene rings is 3. The Balaban J connectivity index is 1.80. The van der Waals surface area contributed by atoms with Crippen LogP contribution in [0, 0.1) is 0 Å². The van der Waals surface area contributed by atoms with Crippen molar-refractivity contribution in [1.29, 1.82) is 0 Å². The number of fused-ring (bicyclic) bond motifs is 1. The Morgan fingerprint density at radius 2 is 1.41 bits per heavy atom. The standard InChI is InChI=1S/C25H27N3O/c1-16(2)19-14-20(25(29)21(15-19)17(3)4)13-18-9-5-8-12-24(18)28-26-22-10-6-7-11-23(22)27-28/h5-12,14-17,29H,13H2,1-4H3. The van der Waals surface area contributed by atoms with Crippen LogP contribution in [0.4, 0.5) is 0 Å².